The van der Waals surface area contributed by atoms with Gasteiger partial charge in [0, 0.05) is 23.1 Å². The molecule has 0 unspecified atom stereocenters. The molecular formula is C23H23FN2O3S. The van der Waals surface area contributed by atoms with Gasteiger partial charge in [0.25, 0.3) is 5.91 Å². The molecule has 156 valence electrons. The van der Waals surface area contributed by atoms with Gasteiger partial charge in [-0.3, -0.25) is 4.79 Å². The molecule has 0 saturated heterocycles. The largest absolute Gasteiger partial charge is 0.483 e. The molecule has 3 aromatic rings. The number of thiazole rings is 1. The molecule has 7 heteroatoms. The molecule has 1 aliphatic rings. The number of rotatable bonds is 6. The number of ether oxygens (including phenoxy) is 2. The average Bonchev–Trinajstić information content (AvgIpc) is 3.26. The lowest BCUT2D eigenvalue weighted by molar-refractivity contribution is -0.120. The zero-order valence-electron chi connectivity index (χ0n) is 17.1. The molecular weight excluding hydrogens is 403 g/mol. The predicted octanol–water partition coefficient (Wildman–Crippen LogP) is 4.92. The first-order valence-electron chi connectivity index (χ1n) is 9.71. The number of para-hydroxylation sites is 1. The number of carbonyl (C=O) groups is 1. The molecule has 0 N–H and O–H groups in total. The fraction of sp³-hybridized carbons (Fsp3) is 0.304. The van der Waals surface area contributed by atoms with Gasteiger partial charge in [-0.1, -0.05) is 12.1 Å². The first kappa shape index (κ1) is 20.3. The van der Waals surface area contributed by atoms with Gasteiger partial charge in [-0.05, 0) is 51.1 Å². The molecule has 2 heterocycles. The summed E-state index contributed by atoms with van der Waals surface area (Å²) >= 11 is 1.52. The van der Waals surface area contributed by atoms with Gasteiger partial charge in [-0.25, -0.2) is 9.37 Å². The van der Waals surface area contributed by atoms with Crippen molar-refractivity contribution in [1.82, 2.24) is 4.98 Å². The lowest BCUT2D eigenvalue weighted by Gasteiger charge is -2.23. The van der Waals surface area contributed by atoms with Crippen LogP contribution >= 0.6 is 11.3 Å². The molecule has 4 rings (SSSR count). The number of fused-ring (bicyclic) bond motifs is 1. The molecule has 1 amide bonds. The van der Waals surface area contributed by atoms with Crippen LogP contribution in [0.1, 0.15) is 30.1 Å². The maximum Gasteiger partial charge on any atom is 0.265 e. The molecule has 0 radical (unpaired) electrons. The molecule has 2 aromatic carbocycles. The Balaban J connectivity index is 1.53. The third kappa shape index (κ3) is 4.46. The Morgan fingerprint density at radius 3 is 2.73 bits per heavy atom. The minimum absolute atomic E-state index is 0.166. The molecule has 0 atom stereocenters. The third-order valence-corrected chi connectivity index (χ3v) is 5.65. The summed E-state index contributed by atoms with van der Waals surface area (Å²) in [6, 6.07) is 11.6. The van der Waals surface area contributed by atoms with Gasteiger partial charge in [0.2, 0.25) is 0 Å². The van der Waals surface area contributed by atoms with Crippen LogP contribution in [0.15, 0.2) is 47.8 Å². The van der Waals surface area contributed by atoms with Gasteiger partial charge < -0.3 is 14.4 Å². The van der Waals surface area contributed by atoms with Crippen molar-refractivity contribution in [1.29, 1.82) is 0 Å². The molecule has 0 spiro atoms. The maximum atomic E-state index is 13.4. The number of halogens is 1. The van der Waals surface area contributed by atoms with Gasteiger partial charge in [0.15, 0.2) is 18.1 Å². The number of aromatic nitrogens is 1. The first-order valence-corrected chi connectivity index (χ1v) is 10.6. The van der Waals surface area contributed by atoms with E-state index in [1.807, 2.05) is 38.3 Å². The van der Waals surface area contributed by atoms with E-state index in [0.717, 1.165) is 22.7 Å². The number of hydrogen-bond acceptors (Lipinski definition) is 5. The summed E-state index contributed by atoms with van der Waals surface area (Å²) in [5, 5.41) is 2.84. The second kappa shape index (κ2) is 8.07. The minimum Gasteiger partial charge on any atom is -0.483 e. The van der Waals surface area contributed by atoms with Crippen molar-refractivity contribution in [2.75, 3.05) is 11.5 Å². The van der Waals surface area contributed by atoms with Crippen molar-refractivity contribution in [3.05, 3.63) is 69.9 Å². The van der Waals surface area contributed by atoms with Gasteiger partial charge in [-0.15, -0.1) is 11.3 Å². The molecule has 1 aliphatic heterocycles. The minimum atomic E-state index is -0.355. The van der Waals surface area contributed by atoms with E-state index in [2.05, 4.69) is 4.98 Å². The summed E-state index contributed by atoms with van der Waals surface area (Å²) in [4.78, 5) is 19.1. The average molecular weight is 427 g/mol. The third-order valence-electron chi connectivity index (χ3n) is 4.83. The van der Waals surface area contributed by atoms with Crippen molar-refractivity contribution in [3.8, 4) is 11.5 Å². The molecule has 0 fully saturated rings. The van der Waals surface area contributed by atoms with Crippen molar-refractivity contribution in [2.45, 2.75) is 39.3 Å². The highest BCUT2D eigenvalue weighted by Crippen LogP contribution is 2.41. The van der Waals surface area contributed by atoms with Crippen molar-refractivity contribution in [2.24, 2.45) is 0 Å². The lowest BCUT2D eigenvalue weighted by Crippen LogP contribution is -2.34. The predicted molar refractivity (Wildman–Crippen MR) is 115 cm³/mol. The number of nitrogens with zero attached hydrogens (tertiary/aromatic N) is 2. The Bertz CT molecular complexity index is 1060. The van der Waals surface area contributed by atoms with E-state index in [1.54, 1.807) is 23.1 Å². The topological polar surface area (TPSA) is 51.7 Å². The van der Waals surface area contributed by atoms with Crippen LogP contribution in [0.5, 0.6) is 11.5 Å². The van der Waals surface area contributed by atoms with E-state index in [0.29, 0.717) is 17.2 Å². The summed E-state index contributed by atoms with van der Waals surface area (Å²) in [7, 11) is 0. The second-order valence-corrected chi connectivity index (χ2v) is 8.95. The van der Waals surface area contributed by atoms with Crippen LogP contribution in [-0.2, 0) is 17.8 Å². The van der Waals surface area contributed by atoms with Gasteiger partial charge in [-0.2, -0.15) is 0 Å². The zero-order valence-corrected chi connectivity index (χ0v) is 18.0. The molecule has 0 aliphatic carbocycles. The van der Waals surface area contributed by atoms with Gasteiger partial charge >= 0.3 is 0 Å². The van der Waals surface area contributed by atoms with Crippen LogP contribution in [0, 0.1) is 12.7 Å². The van der Waals surface area contributed by atoms with E-state index < -0.39 is 0 Å². The lowest BCUT2D eigenvalue weighted by atomic mass is 10.0. The SMILES string of the molecule is Cc1nc(CN(C(=O)COc2cccc3c2OC(C)(C)C3)c2ccc(F)cc2)cs1. The summed E-state index contributed by atoms with van der Waals surface area (Å²) in [6.45, 7) is 6.08. The fourth-order valence-corrected chi connectivity index (χ4v) is 4.11. The molecule has 0 bridgehead atoms. The van der Waals surface area contributed by atoms with Crippen molar-refractivity contribution >= 4 is 22.9 Å². The standard InChI is InChI=1S/C23H23FN2O3S/c1-15-25-18(14-30-15)12-26(19-9-7-17(24)8-10-19)21(27)13-28-20-6-4-5-16-11-23(2,3)29-22(16)20/h4-10,14H,11-13H2,1-3H3. The Morgan fingerprint density at radius 1 is 1.27 bits per heavy atom. The molecule has 30 heavy (non-hydrogen) atoms. The van der Waals surface area contributed by atoms with E-state index in [-0.39, 0.29) is 30.5 Å². The number of hydrogen-bond donors (Lipinski definition) is 0. The van der Waals surface area contributed by atoms with Crippen LogP contribution in [0.25, 0.3) is 0 Å². The van der Waals surface area contributed by atoms with Crippen molar-refractivity contribution < 1.29 is 18.7 Å². The van der Waals surface area contributed by atoms with Crippen molar-refractivity contribution in [3.63, 3.8) is 0 Å². The number of anilines is 1. The van der Waals surface area contributed by atoms with E-state index in [1.165, 1.54) is 23.5 Å². The normalized spacial score (nSPS) is 14.1. The Kier molecular flexibility index (Phi) is 5.47. The van der Waals surface area contributed by atoms with E-state index >= 15 is 0 Å². The monoisotopic (exact) mass is 426 g/mol. The molecule has 1 aromatic heterocycles. The number of carbonyl (C=O) groups excluding carboxylic acids is 1. The summed E-state index contributed by atoms with van der Waals surface area (Å²) in [5.41, 5.74) is 2.14. The van der Waals surface area contributed by atoms with E-state index in [4.69, 9.17) is 9.47 Å². The molecule has 5 nitrogen and oxygen atoms in total. The first-order chi connectivity index (χ1) is 14.3. The van der Waals surface area contributed by atoms with Crippen LogP contribution in [-0.4, -0.2) is 23.1 Å². The number of amides is 1. The molecule has 0 saturated carbocycles. The van der Waals surface area contributed by atoms with Crippen LogP contribution in [0.2, 0.25) is 0 Å². The number of aryl methyl sites for hydroxylation is 1. The van der Waals surface area contributed by atoms with E-state index in [9.17, 15) is 9.18 Å². The maximum absolute atomic E-state index is 13.4. The smallest absolute Gasteiger partial charge is 0.265 e. The Morgan fingerprint density at radius 2 is 2.03 bits per heavy atom. The highest BCUT2D eigenvalue weighted by Gasteiger charge is 2.32. The summed E-state index contributed by atoms with van der Waals surface area (Å²) < 4.78 is 25.3. The second-order valence-electron chi connectivity index (χ2n) is 7.89. The van der Waals surface area contributed by atoms with Crippen LogP contribution in [0.3, 0.4) is 0 Å². The highest BCUT2D eigenvalue weighted by molar-refractivity contribution is 7.09. The summed E-state index contributed by atoms with van der Waals surface area (Å²) in [5.74, 6) is 0.641. The fourth-order valence-electron chi connectivity index (χ4n) is 3.51. The van der Waals surface area contributed by atoms with Crippen LogP contribution in [0.4, 0.5) is 10.1 Å². The highest BCUT2D eigenvalue weighted by atomic mass is 32.1. The Labute approximate surface area is 179 Å². The number of benzene rings is 2. The Hall–Kier alpha value is -2.93. The van der Waals surface area contributed by atoms with Crippen LogP contribution < -0.4 is 14.4 Å². The quantitative estimate of drug-likeness (QED) is 0.562. The zero-order chi connectivity index (χ0) is 21.3. The van der Waals surface area contributed by atoms with Gasteiger partial charge in [0.05, 0.1) is 17.2 Å². The van der Waals surface area contributed by atoms with Gasteiger partial charge in [0.1, 0.15) is 11.4 Å². The summed E-state index contributed by atoms with van der Waals surface area (Å²) in [6.07, 6.45) is 0.790.